The molecule has 0 fully saturated rings. The highest BCUT2D eigenvalue weighted by molar-refractivity contribution is 7.89. The number of nitrogens with zero attached hydrogens (tertiary/aromatic N) is 1. The van der Waals surface area contributed by atoms with Crippen molar-refractivity contribution in [1.82, 2.24) is 4.31 Å². The summed E-state index contributed by atoms with van der Waals surface area (Å²) in [7, 11) is -2.33. The van der Waals surface area contributed by atoms with Gasteiger partial charge in [-0.2, -0.15) is 0 Å². The first-order chi connectivity index (χ1) is 8.50. The number of halogens is 1. The predicted octanol–water partition coefficient (Wildman–Crippen LogP) is 1.61. The van der Waals surface area contributed by atoms with E-state index in [1.165, 1.54) is 25.2 Å². The number of hydrogen-bond donors (Lipinski definition) is 1. The second-order valence-electron chi connectivity index (χ2n) is 4.04. The normalized spacial score (nSPS) is 12.0. The maximum absolute atomic E-state index is 13.4. The van der Waals surface area contributed by atoms with Crippen LogP contribution in [0.2, 0.25) is 0 Å². The van der Waals surface area contributed by atoms with Crippen molar-refractivity contribution in [3.05, 3.63) is 30.1 Å². The SMILES string of the molecule is CN(CCCCCO)S(=O)(=O)c1ccccc1F. The lowest BCUT2D eigenvalue weighted by atomic mass is 10.2. The smallest absolute Gasteiger partial charge is 0.245 e. The molecule has 0 atom stereocenters. The number of sulfonamides is 1. The van der Waals surface area contributed by atoms with Gasteiger partial charge < -0.3 is 5.11 Å². The highest BCUT2D eigenvalue weighted by Gasteiger charge is 2.23. The molecule has 0 aliphatic carbocycles. The maximum atomic E-state index is 13.4. The van der Waals surface area contributed by atoms with Crippen LogP contribution in [0.1, 0.15) is 19.3 Å². The van der Waals surface area contributed by atoms with Gasteiger partial charge >= 0.3 is 0 Å². The molecule has 0 aromatic heterocycles. The van der Waals surface area contributed by atoms with Gasteiger partial charge in [-0.05, 0) is 31.4 Å². The van der Waals surface area contributed by atoms with Crippen molar-refractivity contribution in [2.75, 3.05) is 20.2 Å². The summed E-state index contributed by atoms with van der Waals surface area (Å²) in [6.45, 7) is 0.417. The lowest BCUT2D eigenvalue weighted by molar-refractivity contribution is 0.281. The maximum Gasteiger partial charge on any atom is 0.245 e. The van der Waals surface area contributed by atoms with Crippen LogP contribution in [0.25, 0.3) is 0 Å². The zero-order valence-electron chi connectivity index (χ0n) is 10.3. The van der Waals surface area contributed by atoms with E-state index in [-0.39, 0.29) is 11.5 Å². The number of hydrogen-bond acceptors (Lipinski definition) is 3. The first-order valence-corrected chi connectivity index (χ1v) is 7.26. The van der Waals surface area contributed by atoms with Crippen molar-refractivity contribution in [2.45, 2.75) is 24.2 Å². The van der Waals surface area contributed by atoms with E-state index >= 15 is 0 Å². The van der Waals surface area contributed by atoms with Crippen molar-refractivity contribution < 1.29 is 17.9 Å². The van der Waals surface area contributed by atoms with E-state index < -0.39 is 15.8 Å². The van der Waals surface area contributed by atoms with Crippen LogP contribution in [-0.2, 0) is 10.0 Å². The molecule has 1 aromatic rings. The summed E-state index contributed by atoms with van der Waals surface area (Å²) in [5.74, 6) is -0.736. The number of benzene rings is 1. The molecule has 1 N–H and O–H groups in total. The minimum atomic E-state index is -3.76. The van der Waals surface area contributed by atoms with Gasteiger partial charge in [0.05, 0.1) is 0 Å². The molecule has 0 aliphatic rings. The highest BCUT2D eigenvalue weighted by Crippen LogP contribution is 2.18. The van der Waals surface area contributed by atoms with Crippen LogP contribution < -0.4 is 0 Å². The van der Waals surface area contributed by atoms with Crippen molar-refractivity contribution in [3.63, 3.8) is 0 Å². The fraction of sp³-hybridized carbons (Fsp3) is 0.500. The van der Waals surface area contributed by atoms with Gasteiger partial charge in [-0.15, -0.1) is 0 Å². The molecular formula is C12H18FNO3S. The molecule has 4 nitrogen and oxygen atoms in total. The number of aliphatic hydroxyl groups excluding tert-OH is 1. The Morgan fingerprint density at radius 1 is 1.22 bits per heavy atom. The first-order valence-electron chi connectivity index (χ1n) is 5.82. The molecule has 0 heterocycles. The lowest BCUT2D eigenvalue weighted by Gasteiger charge is -2.17. The summed E-state index contributed by atoms with van der Waals surface area (Å²) in [4.78, 5) is -0.297. The van der Waals surface area contributed by atoms with Gasteiger partial charge in [0.1, 0.15) is 10.7 Å². The fourth-order valence-electron chi connectivity index (χ4n) is 1.57. The standard InChI is InChI=1S/C12H18FNO3S/c1-14(9-5-2-6-10-15)18(16,17)12-8-4-3-7-11(12)13/h3-4,7-8,15H,2,5-6,9-10H2,1H3. The minimum Gasteiger partial charge on any atom is -0.396 e. The minimum absolute atomic E-state index is 0.101. The molecule has 6 heteroatoms. The van der Waals surface area contributed by atoms with Crippen molar-refractivity contribution in [3.8, 4) is 0 Å². The topological polar surface area (TPSA) is 57.6 Å². The zero-order valence-corrected chi connectivity index (χ0v) is 11.2. The van der Waals surface area contributed by atoms with E-state index in [2.05, 4.69) is 0 Å². The van der Waals surface area contributed by atoms with E-state index in [4.69, 9.17) is 5.11 Å². The Hall–Kier alpha value is -0.980. The number of unbranched alkanes of at least 4 members (excludes halogenated alkanes) is 2. The van der Waals surface area contributed by atoms with Gasteiger partial charge in [0.2, 0.25) is 10.0 Å². The third-order valence-electron chi connectivity index (χ3n) is 2.66. The Morgan fingerprint density at radius 2 is 1.89 bits per heavy atom. The van der Waals surface area contributed by atoms with Crippen LogP contribution >= 0.6 is 0 Å². The Labute approximate surface area is 107 Å². The third-order valence-corrected chi connectivity index (χ3v) is 4.55. The largest absolute Gasteiger partial charge is 0.396 e. The number of rotatable bonds is 7. The molecule has 1 aromatic carbocycles. The quantitative estimate of drug-likeness (QED) is 0.769. The van der Waals surface area contributed by atoms with Crippen LogP contribution in [0.4, 0.5) is 4.39 Å². The van der Waals surface area contributed by atoms with Crippen LogP contribution in [0.15, 0.2) is 29.2 Å². The van der Waals surface area contributed by atoms with Gasteiger partial charge in [0, 0.05) is 20.2 Å². The average Bonchev–Trinajstić information content (AvgIpc) is 2.34. The van der Waals surface area contributed by atoms with E-state index in [1.54, 1.807) is 0 Å². The molecule has 0 radical (unpaired) electrons. The molecule has 1 rings (SSSR count). The highest BCUT2D eigenvalue weighted by atomic mass is 32.2. The third kappa shape index (κ3) is 3.76. The molecule has 0 amide bonds. The van der Waals surface area contributed by atoms with Crippen LogP contribution in [0.5, 0.6) is 0 Å². The van der Waals surface area contributed by atoms with Gasteiger partial charge in [-0.25, -0.2) is 17.1 Å². The lowest BCUT2D eigenvalue weighted by Crippen LogP contribution is -2.28. The molecular weight excluding hydrogens is 257 g/mol. The van der Waals surface area contributed by atoms with Crippen LogP contribution in [0.3, 0.4) is 0 Å². The van der Waals surface area contributed by atoms with Crippen LogP contribution in [-0.4, -0.2) is 38.0 Å². The Bertz CT molecular complexity index is 476. The van der Waals surface area contributed by atoms with Gasteiger partial charge in [-0.1, -0.05) is 12.1 Å². The first kappa shape index (κ1) is 15.1. The van der Waals surface area contributed by atoms with Crippen molar-refractivity contribution in [1.29, 1.82) is 0 Å². The molecule has 0 bridgehead atoms. The van der Waals surface area contributed by atoms with E-state index in [0.717, 1.165) is 16.8 Å². The molecule has 18 heavy (non-hydrogen) atoms. The predicted molar refractivity (Wildman–Crippen MR) is 67.2 cm³/mol. The van der Waals surface area contributed by atoms with Crippen molar-refractivity contribution in [2.24, 2.45) is 0 Å². The van der Waals surface area contributed by atoms with Gasteiger partial charge in [-0.3, -0.25) is 0 Å². The van der Waals surface area contributed by atoms with Crippen molar-refractivity contribution >= 4 is 10.0 Å². The molecule has 0 aliphatic heterocycles. The second kappa shape index (κ2) is 6.82. The van der Waals surface area contributed by atoms with Gasteiger partial charge in [0.15, 0.2) is 0 Å². The average molecular weight is 275 g/mol. The molecule has 102 valence electrons. The summed E-state index contributed by atoms with van der Waals surface area (Å²) >= 11 is 0. The summed E-state index contributed by atoms with van der Waals surface area (Å²) in [6.07, 6.45) is 2.03. The number of aliphatic hydroxyl groups is 1. The second-order valence-corrected chi connectivity index (χ2v) is 6.05. The summed E-state index contributed by atoms with van der Waals surface area (Å²) < 4.78 is 38.7. The Morgan fingerprint density at radius 3 is 2.50 bits per heavy atom. The molecule has 0 saturated carbocycles. The Balaban J connectivity index is 2.72. The summed E-state index contributed by atoms with van der Waals surface area (Å²) in [6, 6.07) is 5.34. The van der Waals surface area contributed by atoms with E-state index in [9.17, 15) is 12.8 Å². The van der Waals surface area contributed by atoms with Gasteiger partial charge in [0.25, 0.3) is 0 Å². The fourth-order valence-corrected chi connectivity index (χ4v) is 2.84. The van der Waals surface area contributed by atoms with E-state index in [1.807, 2.05) is 0 Å². The molecule has 0 unspecified atom stereocenters. The summed E-state index contributed by atoms with van der Waals surface area (Å²) in [5.41, 5.74) is 0. The van der Waals surface area contributed by atoms with Crippen LogP contribution in [0, 0.1) is 5.82 Å². The monoisotopic (exact) mass is 275 g/mol. The summed E-state index contributed by atoms with van der Waals surface area (Å²) in [5, 5.41) is 8.62. The zero-order chi connectivity index (χ0) is 13.6. The molecule has 0 saturated heterocycles. The van der Waals surface area contributed by atoms with E-state index in [0.29, 0.717) is 19.4 Å². The molecule has 0 spiro atoms. The Kier molecular flexibility index (Phi) is 5.71.